The summed E-state index contributed by atoms with van der Waals surface area (Å²) in [7, 11) is 0. The first-order valence-corrected chi connectivity index (χ1v) is 5.13. The number of piperidine rings is 1. The van der Waals surface area contributed by atoms with E-state index in [1.54, 1.807) is 0 Å². The molecule has 76 valence electrons. The zero-order valence-corrected chi connectivity index (χ0v) is 8.25. The van der Waals surface area contributed by atoms with Crippen molar-refractivity contribution in [3.05, 3.63) is 0 Å². The van der Waals surface area contributed by atoms with Gasteiger partial charge < -0.3 is 10.4 Å². The Labute approximate surface area is 79.5 Å². The summed E-state index contributed by atoms with van der Waals surface area (Å²) in [5.74, 6) is 1.17. The Kier molecular flexibility index (Phi) is 4.22. The van der Waals surface area contributed by atoms with Crippen LogP contribution < -0.4 is 5.32 Å². The number of rotatable bonds is 4. The quantitative estimate of drug-likeness (QED) is 0.684. The van der Waals surface area contributed by atoms with Crippen molar-refractivity contribution in [3.63, 3.8) is 0 Å². The molecule has 1 amide bonds. The van der Waals surface area contributed by atoms with Gasteiger partial charge in [-0.2, -0.15) is 0 Å². The highest BCUT2D eigenvalue weighted by Gasteiger charge is 2.20. The predicted octanol–water partition coefficient (Wildman–Crippen LogP) is 0.921. The zero-order chi connectivity index (χ0) is 9.68. The van der Waals surface area contributed by atoms with E-state index in [1.165, 1.54) is 0 Å². The second-order valence-electron chi connectivity index (χ2n) is 3.90. The summed E-state index contributed by atoms with van der Waals surface area (Å²) in [5.41, 5.74) is 0. The number of aliphatic hydroxyl groups excluding tert-OH is 1. The summed E-state index contributed by atoms with van der Waals surface area (Å²) in [6.07, 6.45) is 3.73. The Morgan fingerprint density at radius 3 is 2.92 bits per heavy atom. The summed E-state index contributed by atoms with van der Waals surface area (Å²) >= 11 is 0. The Morgan fingerprint density at radius 1 is 1.69 bits per heavy atom. The molecule has 2 atom stereocenters. The number of nitrogens with one attached hydrogen (secondary N) is 1. The van der Waals surface area contributed by atoms with Gasteiger partial charge in [-0.25, -0.2) is 0 Å². The summed E-state index contributed by atoms with van der Waals surface area (Å²) in [6, 6.07) is 0. The molecule has 1 aliphatic heterocycles. The second-order valence-corrected chi connectivity index (χ2v) is 3.90. The van der Waals surface area contributed by atoms with E-state index < -0.39 is 0 Å². The number of hydrogen-bond donors (Lipinski definition) is 2. The fourth-order valence-electron chi connectivity index (χ4n) is 1.83. The van der Waals surface area contributed by atoms with Crippen molar-refractivity contribution >= 4 is 5.91 Å². The lowest BCUT2D eigenvalue weighted by Crippen LogP contribution is -2.35. The van der Waals surface area contributed by atoms with Crippen LogP contribution in [-0.2, 0) is 4.79 Å². The summed E-state index contributed by atoms with van der Waals surface area (Å²) in [6.45, 7) is 3.18. The zero-order valence-electron chi connectivity index (χ0n) is 8.25. The normalized spacial score (nSPS) is 25.4. The molecule has 0 bridgehead atoms. The van der Waals surface area contributed by atoms with Gasteiger partial charge in [-0.3, -0.25) is 4.79 Å². The minimum atomic E-state index is 0.174. The van der Waals surface area contributed by atoms with Gasteiger partial charge in [-0.15, -0.1) is 0 Å². The van der Waals surface area contributed by atoms with E-state index in [0.717, 1.165) is 25.8 Å². The van der Waals surface area contributed by atoms with Gasteiger partial charge in [0.2, 0.25) is 5.91 Å². The van der Waals surface area contributed by atoms with Gasteiger partial charge in [0.15, 0.2) is 0 Å². The van der Waals surface area contributed by atoms with E-state index in [-0.39, 0.29) is 12.5 Å². The van der Waals surface area contributed by atoms with E-state index in [2.05, 4.69) is 12.2 Å². The average molecular weight is 185 g/mol. The molecule has 2 N–H and O–H groups in total. The third kappa shape index (κ3) is 3.35. The molecule has 3 nitrogen and oxygen atoms in total. The van der Waals surface area contributed by atoms with Gasteiger partial charge in [-0.1, -0.05) is 13.3 Å². The topological polar surface area (TPSA) is 49.3 Å². The highest BCUT2D eigenvalue weighted by Crippen LogP contribution is 2.21. The number of carbonyl (C=O) groups is 1. The van der Waals surface area contributed by atoms with E-state index >= 15 is 0 Å². The van der Waals surface area contributed by atoms with E-state index in [1.807, 2.05) is 0 Å². The van der Waals surface area contributed by atoms with E-state index in [0.29, 0.717) is 18.3 Å². The lowest BCUT2D eigenvalue weighted by Gasteiger charge is -2.25. The van der Waals surface area contributed by atoms with Crippen LogP contribution in [0.1, 0.15) is 32.6 Å². The predicted molar refractivity (Wildman–Crippen MR) is 51.2 cm³/mol. The molecule has 1 rings (SSSR count). The second kappa shape index (κ2) is 5.22. The smallest absolute Gasteiger partial charge is 0.220 e. The maximum atomic E-state index is 10.9. The third-order valence-corrected chi connectivity index (χ3v) is 2.87. The first kappa shape index (κ1) is 10.5. The highest BCUT2D eigenvalue weighted by molar-refractivity contribution is 5.76. The van der Waals surface area contributed by atoms with Crippen LogP contribution in [0.15, 0.2) is 0 Å². The van der Waals surface area contributed by atoms with Crippen LogP contribution in [0.3, 0.4) is 0 Å². The first-order valence-electron chi connectivity index (χ1n) is 5.13. The molecule has 13 heavy (non-hydrogen) atoms. The molecule has 0 aromatic heterocycles. The van der Waals surface area contributed by atoms with Gasteiger partial charge in [-0.05, 0) is 24.7 Å². The monoisotopic (exact) mass is 185 g/mol. The molecule has 0 spiro atoms. The van der Waals surface area contributed by atoms with Crippen molar-refractivity contribution in [2.75, 3.05) is 13.2 Å². The highest BCUT2D eigenvalue weighted by atomic mass is 16.3. The third-order valence-electron chi connectivity index (χ3n) is 2.87. The van der Waals surface area contributed by atoms with Crippen molar-refractivity contribution in [1.29, 1.82) is 0 Å². The van der Waals surface area contributed by atoms with Crippen LogP contribution in [0.2, 0.25) is 0 Å². The number of carbonyl (C=O) groups excluding carboxylic acids is 1. The Bertz CT molecular complexity index is 156. The van der Waals surface area contributed by atoms with Crippen molar-refractivity contribution in [3.8, 4) is 0 Å². The molecule has 3 heteroatoms. The fraction of sp³-hybridized carbons (Fsp3) is 0.900. The molecular weight excluding hydrogens is 166 g/mol. The fourth-order valence-corrected chi connectivity index (χ4v) is 1.83. The van der Waals surface area contributed by atoms with Crippen LogP contribution in [0, 0.1) is 11.8 Å². The van der Waals surface area contributed by atoms with Crippen LogP contribution in [0.5, 0.6) is 0 Å². The van der Waals surface area contributed by atoms with E-state index in [9.17, 15) is 4.79 Å². The summed E-state index contributed by atoms with van der Waals surface area (Å²) in [5, 5.41) is 11.9. The lowest BCUT2D eigenvalue weighted by molar-refractivity contribution is -0.123. The minimum absolute atomic E-state index is 0.174. The average Bonchev–Trinajstić information content (AvgIpc) is 2.17. The maximum Gasteiger partial charge on any atom is 0.220 e. The first-order chi connectivity index (χ1) is 6.26. The van der Waals surface area contributed by atoms with Crippen molar-refractivity contribution < 1.29 is 9.90 Å². The molecule has 1 saturated heterocycles. The Morgan fingerprint density at radius 2 is 2.46 bits per heavy atom. The SMILES string of the molecule is CCC(CO)CC1CCC(=O)NC1. The number of hydrogen-bond acceptors (Lipinski definition) is 2. The lowest BCUT2D eigenvalue weighted by atomic mass is 9.88. The molecular formula is C10H19NO2. The molecule has 0 aromatic carbocycles. The molecule has 0 aromatic rings. The van der Waals surface area contributed by atoms with Crippen molar-refractivity contribution in [2.45, 2.75) is 32.6 Å². The Hall–Kier alpha value is -0.570. The molecule has 1 fully saturated rings. The molecule has 1 heterocycles. The number of amides is 1. The van der Waals surface area contributed by atoms with Crippen LogP contribution >= 0.6 is 0 Å². The maximum absolute atomic E-state index is 10.9. The standard InChI is InChI=1S/C10H19NO2/c1-2-8(7-12)5-9-3-4-10(13)11-6-9/h8-9,12H,2-7H2,1H3,(H,11,13). The summed E-state index contributed by atoms with van der Waals surface area (Å²) in [4.78, 5) is 10.9. The van der Waals surface area contributed by atoms with Crippen LogP contribution in [-0.4, -0.2) is 24.2 Å². The molecule has 0 radical (unpaired) electrons. The Balaban J connectivity index is 2.24. The van der Waals surface area contributed by atoms with Gasteiger partial charge in [0.25, 0.3) is 0 Å². The van der Waals surface area contributed by atoms with Crippen molar-refractivity contribution in [1.82, 2.24) is 5.32 Å². The molecule has 0 aliphatic carbocycles. The van der Waals surface area contributed by atoms with Crippen molar-refractivity contribution in [2.24, 2.45) is 11.8 Å². The molecule has 1 aliphatic rings. The van der Waals surface area contributed by atoms with Gasteiger partial charge in [0.05, 0.1) is 0 Å². The van der Waals surface area contributed by atoms with Crippen LogP contribution in [0.25, 0.3) is 0 Å². The van der Waals surface area contributed by atoms with Crippen LogP contribution in [0.4, 0.5) is 0 Å². The number of aliphatic hydroxyl groups is 1. The van der Waals surface area contributed by atoms with E-state index in [4.69, 9.17) is 5.11 Å². The van der Waals surface area contributed by atoms with Gasteiger partial charge in [0, 0.05) is 19.6 Å². The largest absolute Gasteiger partial charge is 0.396 e. The molecule has 0 saturated carbocycles. The van der Waals surface area contributed by atoms with Gasteiger partial charge >= 0.3 is 0 Å². The minimum Gasteiger partial charge on any atom is -0.396 e. The van der Waals surface area contributed by atoms with Gasteiger partial charge in [0.1, 0.15) is 0 Å². The molecule has 2 unspecified atom stereocenters. The summed E-state index contributed by atoms with van der Waals surface area (Å²) < 4.78 is 0.